The van der Waals surface area contributed by atoms with Gasteiger partial charge in [-0.1, -0.05) is 5.21 Å². The SMILES string of the molecule is CCn1nncc1NCc1ccnc(OC)c1. The zero-order valence-electron chi connectivity index (χ0n) is 9.92. The van der Waals surface area contributed by atoms with Gasteiger partial charge in [0.2, 0.25) is 5.88 Å². The second-order valence-corrected chi connectivity index (χ2v) is 3.50. The van der Waals surface area contributed by atoms with Crippen LogP contribution in [0.5, 0.6) is 5.88 Å². The van der Waals surface area contributed by atoms with Crippen LogP contribution in [0.1, 0.15) is 12.5 Å². The van der Waals surface area contributed by atoms with E-state index in [0.29, 0.717) is 12.4 Å². The second kappa shape index (κ2) is 5.29. The van der Waals surface area contributed by atoms with Crippen LogP contribution in [0.3, 0.4) is 0 Å². The maximum atomic E-state index is 5.07. The van der Waals surface area contributed by atoms with Crippen molar-refractivity contribution in [3.05, 3.63) is 30.1 Å². The van der Waals surface area contributed by atoms with Crippen molar-refractivity contribution in [1.29, 1.82) is 0 Å². The molecule has 90 valence electrons. The van der Waals surface area contributed by atoms with Crippen LogP contribution < -0.4 is 10.1 Å². The molecule has 0 radical (unpaired) electrons. The van der Waals surface area contributed by atoms with Gasteiger partial charge < -0.3 is 10.1 Å². The molecule has 2 heterocycles. The number of aromatic nitrogens is 4. The summed E-state index contributed by atoms with van der Waals surface area (Å²) in [4.78, 5) is 4.06. The molecule has 0 atom stereocenters. The van der Waals surface area contributed by atoms with Gasteiger partial charge in [0.1, 0.15) is 5.82 Å². The minimum absolute atomic E-state index is 0.617. The van der Waals surface area contributed by atoms with Crippen molar-refractivity contribution < 1.29 is 4.74 Å². The molecule has 0 bridgehead atoms. The number of nitrogens with zero attached hydrogens (tertiary/aromatic N) is 4. The molecule has 6 nitrogen and oxygen atoms in total. The molecular weight excluding hydrogens is 218 g/mol. The van der Waals surface area contributed by atoms with Gasteiger partial charge >= 0.3 is 0 Å². The van der Waals surface area contributed by atoms with E-state index in [9.17, 15) is 0 Å². The van der Waals surface area contributed by atoms with Crippen LogP contribution in [0.4, 0.5) is 5.82 Å². The van der Waals surface area contributed by atoms with Crippen LogP contribution in [0, 0.1) is 0 Å². The molecule has 0 amide bonds. The summed E-state index contributed by atoms with van der Waals surface area (Å²) in [7, 11) is 1.61. The number of hydrogen-bond acceptors (Lipinski definition) is 5. The molecule has 2 rings (SSSR count). The number of hydrogen-bond donors (Lipinski definition) is 1. The smallest absolute Gasteiger partial charge is 0.213 e. The maximum Gasteiger partial charge on any atom is 0.213 e. The van der Waals surface area contributed by atoms with E-state index >= 15 is 0 Å². The Morgan fingerprint density at radius 1 is 1.47 bits per heavy atom. The second-order valence-electron chi connectivity index (χ2n) is 3.50. The van der Waals surface area contributed by atoms with Crippen molar-refractivity contribution in [1.82, 2.24) is 20.0 Å². The number of ether oxygens (including phenoxy) is 1. The lowest BCUT2D eigenvalue weighted by atomic mass is 10.2. The van der Waals surface area contributed by atoms with Crippen molar-refractivity contribution in [2.75, 3.05) is 12.4 Å². The average Bonchev–Trinajstić information content (AvgIpc) is 2.84. The summed E-state index contributed by atoms with van der Waals surface area (Å²) in [6.07, 6.45) is 3.44. The Labute approximate surface area is 99.6 Å². The van der Waals surface area contributed by atoms with Crippen LogP contribution in [0.2, 0.25) is 0 Å². The lowest BCUT2D eigenvalue weighted by Crippen LogP contribution is -2.07. The molecular formula is C11H15N5O. The van der Waals surface area contributed by atoms with E-state index in [1.807, 2.05) is 19.1 Å². The predicted octanol–water partition coefficient (Wildman–Crippen LogP) is 1.31. The third-order valence-electron chi connectivity index (χ3n) is 2.40. The Morgan fingerprint density at radius 2 is 2.35 bits per heavy atom. The minimum Gasteiger partial charge on any atom is -0.481 e. The highest BCUT2D eigenvalue weighted by atomic mass is 16.5. The Bertz CT molecular complexity index is 482. The van der Waals surface area contributed by atoms with E-state index in [-0.39, 0.29) is 0 Å². The molecule has 0 saturated carbocycles. The Morgan fingerprint density at radius 3 is 3.12 bits per heavy atom. The number of anilines is 1. The molecule has 0 aliphatic rings. The third-order valence-corrected chi connectivity index (χ3v) is 2.40. The summed E-state index contributed by atoms with van der Waals surface area (Å²) in [5.41, 5.74) is 1.10. The average molecular weight is 233 g/mol. The Hall–Kier alpha value is -2.11. The summed E-state index contributed by atoms with van der Waals surface area (Å²) in [5.74, 6) is 1.52. The summed E-state index contributed by atoms with van der Waals surface area (Å²) in [5, 5.41) is 11.1. The number of nitrogens with one attached hydrogen (secondary N) is 1. The topological polar surface area (TPSA) is 64.9 Å². The van der Waals surface area contributed by atoms with Crippen LogP contribution in [0.25, 0.3) is 0 Å². The normalized spacial score (nSPS) is 10.2. The van der Waals surface area contributed by atoms with Gasteiger partial charge in [0.25, 0.3) is 0 Å². The molecule has 2 aromatic rings. The first-order valence-corrected chi connectivity index (χ1v) is 5.44. The van der Waals surface area contributed by atoms with Gasteiger partial charge in [-0.05, 0) is 18.6 Å². The first kappa shape index (κ1) is 11.4. The van der Waals surface area contributed by atoms with Crippen molar-refractivity contribution in [2.45, 2.75) is 20.0 Å². The molecule has 0 fully saturated rings. The third kappa shape index (κ3) is 2.72. The zero-order chi connectivity index (χ0) is 12.1. The van der Waals surface area contributed by atoms with Gasteiger partial charge in [0.15, 0.2) is 0 Å². The summed E-state index contributed by atoms with van der Waals surface area (Å²) < 4.78 is 6.87. The van der Waals surface area contributed by atoms with E-state index in [0.717, 1.165) is 17.9 Å². The molecule has 17 heavy (non-hydrogen) atoms. The van der Waals surface area contributed by atoms with Gasteiger partial charge in [0, 0.05) is 25.4 Å². The molecule has 0 saturated heterocycles. The standard InChI is InChI=1S/C11H15N5O/c1-3-16-10(8-14-15-16)13-7-9-4-5-12-11(6-9)17-2/h4-6,8,13H,3,7H2,1-2H3. The van der Waals surface area contributed by atoms with Crippen LogP contribution in [-0.2, 0) is 13.1 Å². The van der Waals surface area contributed by atoms with Crippen molar-refractivity contribution in [3.63, 3.8) is 0 Å². The highest BCUT2D eigenvalue weighted by Crippen LogP contribution is 2.11. The zero-order valence-corrected chi connectivity index (χ0v) is 9.92. The number of rotatable bonds is 5. The molecule has 0 aliphatic heterocycles. The molecule has 6 heteroatoms. The molecule has 0 aliphatic carbocycles. The Kier molecular flexibility index (Phi) is 3.54. The summed E-state index contributed by atoms with van der Waals surface area (Å²) in [6, 6.07) is 3.84. The van der Waals surface area contributed by atoms with E-state index < -0.39 is 0 Å². The van der Waals surface area contributed by atoms with Crippen LogP contribution in [-0.4, -0.2) is 27.1 Å². The summed E-state index contributed by atoms with van der Waals surface area (Å²) >= 11 is 0. The number of methoxy groups -OCH3 is 1. The molecule has 0 spiro atoms. The van der Waals surface area contributed by atoms with Crippen molar-refractivity contribution in [2.24, 2.45) is 0 Å². The largest absolute Gasteiger partial charge is 0.481 e. The first-order valence-electron chi connectivity index (χ1n) is 5.44. The molecule has 0 aromatic carbocycles. The van der Waals surface area contributed by atoms with E-state index in [2.05, 4.69) is 20.6 Å². The van der Waals surface area contributed by atoms with Gasteiger partial charge in [-0.15, -0.1) is 5.10 Å². The monoisotopic (exact) mass is 233 g/mol. The number of pyridine rings is 1. The van der Waals surface area contributed by atoms with E-state index in [4.69, 9.17) is 4.74 Å². The molecule has 2 aromatic heterocycles. The van der Waals surface area contributed by atoms with Crippen LogP contribution >= 0.6 is 0 Å². The fourth-order valence-electron chi connectivity index (χ4n) is 1.49. The highest BCUT2D eigenvalue weighted by molar-refractivity contribution is 5.33. The lowest BCUT2D eigenvalue weighted by Gasteiger charge is -2.07. The predicted molar refractivity (Wildman–Crippen MR) is 63.8 cm³/mol. The first-order chi connectivity index (χ1) is 8.33. The number of aryl methyl sites for hydroxylation is 1. The van der Waals surface area contributed by atoms with Crippen molar-refractivity contribution >= 4 is 5.82 Å². The van der Waals surface area contributed by atoms with Gasteiger partial charge in [-0.3, -0.25) is 0 Å². The fraction of sp³-hybridized carbons (Fsp3) is 0.364. The van der Waals surface area contributed by atoms with Gasteiger partial charge in [0.05, 0.1) is 13.3 Å². The molecule has 0 unspecified atom stereocenters. The van der Waals surface area contributed by atoms with Crippen LogP contribution in [0.15, 0.2) is 24.5 Å². The fourth-order valence-corrected chi connectivity index (χ4v) is 1.49. The van der Waals surface area contributed by atoms with Gasteiger partial charge in [-0.2, -0.15) is 0 Å². The van der Waals surface area contributed by atoms with Crippen molar-refractivity contribution in [3.8, 4) is 5.88 Å². The minimum atomic E-state index is 0.617. The lowest BCUT2D eigenvalue weighted by molar-refractivity contribution is 0.397. The highest BCUT2D eigenvalue weighted by Gasteiger charge is 2.02. The quantitative estimate of drug-likeness (QED) is 0.843. The maximum absolute atomic E-state index is 5.07. The van der Waals surface area contributed by atoms with E-state index in [1.165, 1.54) is 0 Å². The summed E-state index contributed by atoms with van der Waals surface area (Å²) in [6.45, 7) is 3.50. The molecule has 1 N–H and O–H groups in total. The van der Waals surface area contributed by atoms with Gasteiger partial charge in [-0.25, -0.2) is 9.67 Å². The Balaban J connectivity index is 2.02. The van der Waals surface area contributed by atoms with E-state index in [1.54, 1.807) is 24.2 Å².